The second-order valence-corrected chi connectivity index (χ2v) is 4.04. The van der Waals surface area contributed by atoms with Gasteiger partial charge >= 0.3 is 6.18 Å². The average molecular weight is 212 g/mol. The Bertz CT molecular complexity index is 154. The summed E-state index contributed by atoms with van der Waals surface area (Å²) in [6.45, 7) is 5.36. The molecule has 0 aliphatic carbocycles. The molecule has 14 heavy (non-hydrogen) atoms. The molecule has 0 aromatic heterocycles. The van der Waals surface area contributed by atoms with Crippen molar-refractivity contribution in [1.29, 1.82) is 0 Å². The maximum atomic E-state index is 12.2. The molecule has 0 aromatic carbocycles. The number of aliphatic hydroxyl groups is 1. The van der Waals surface area contributed by atoms with Gasteiger partial charge < -0.3 is 5.11 Å². The molecule has 0 saturated heterocycles. The lowest BCUT2D eigenvalue weighted by Gasteiger charge is -2.27. The van der Waals surface area contributed by atoms with Gasteiger partial charge in [0.15, 0.2) is 6.10 Å². The van der Waals surface area contributed by atoms with Gasteiger partial charge in [0, 0.05) is 0 Å². The Morgan fingerprint density at radius 2 is 1.71 bits per heavy atom. The molecule has 0 fully saturated rings. The summed E-state index contributed by atoms with van der Waals surface area (Å²) in [7, 11) is 0. The third kappa shape index (κ3) is 4.31. The van der Waals surface area contributed by atoms with Crippen LogP contribution in [0.4, 0.5) is 13.2 Å². The highest BCUT2D eigenvalue weighted by Crippen LogP contribution is 2.32. The van der Waals surface area contributed by atoms with E-state index < -0.39 is 18.2 Å². The molecule has 86 valence electrons. The number of hydrogen-bond acceptors (Lipinski definition) is 1. The monoisotopic (exact) mass is 212 g/mol. The van der Waals surface area contributed by atoms with E-state index in [2.05, 4.69) is 0 Å². The van der Waals surface area contributed by atoms with Crippen molar-refractivity contribution >= 4 is 0 Å². The van der Waals surface area contributed by atoms with Gasteiger partial charge in [-0.15, -0.1) is 0 Å². The smallest absolute Gasteiger partial charge is 0.383 e. The highest BCUT2D eigenvalue weighted by molar-refractivity contribution is 4.77. The molecule has 0 spiro atoms. The van der Waals surface area contributed by atoms with Crippen molar-refractivity contribution in [2.24, 2.45) is 11.8 Å². The largest absolute Gasteiger partial charge is 0.414 e. The Hall–Kier alpha value is -0.250. The second kappa shape index (κ2) is 5.59. The van der Waals surface area contributed by atoms with Crippen LogP contribution in [0.15, 0.2) is 0 Å². The molecule has 0 amide bonds. The van der Waals surface area contributed by atoms with E-state index in [1.165, 1.54) is 0 Å². The van der Waals surface area contributed by atoms with Crippen molar-refractivity contribution in [2.75, 3.05) is 0 Å². The van der Waals surface area contributed by atoms with Crippen molar-refractivity contribution in [3.8, 4) is 0 Å². The first-order chi connectivity index (χ1) is 6.30. The zero-order chi connectivity index (χ0) is 11.4. The Balaban J connectivity index is 4.33. The van der Waals surface area contributed by atoms with Crippen LogP contribution in [0.25, 0.3) is 0 Å². The van der Waals surface area contributed by atoms with E-state index in [0.717, 1.165) is 12.8 Å². The van der Waals surface area contributed by atoms with Crippen molar-refractivity contribution in [2.45, 2.75) is 52.3 Å². The molecular formula is C10H19F3O. The maximum absolute atomic E-state index is 12.2. The number of hydrogen-bond donors (Lipinski definition) is 1. The van der Waals surface area contributed by atoms with Gasteiger partial charge in [0.05, 0.1) is 0 Å². The molecule has 0 saturated carbocycles. The van der Waals surface area contributed by atoms with Crippen molar-refractivity contribution in [3.05, 3.63) is 0 Å². The SMILES string of the molecule is CCCCC(C(C)C)[C@@H](O)C(F)(F)F. The first-order valence-electron chi connectivity index (χ1n) is 5.05. The summed E-state index contributed by atoms with van der Waals surface area (Å²) in [5, 5.41) is 9.12. The zero-order valence-corrected chi connectivity index (χ0v) is 8.93. The van der Waals surface area contributed by atoms with E-state index in [9.17, 15) is 13.2 Å². The van der Waals surface area contributed by atoms with E-state index >= 15 is 0 Å². The first kappa shape index (κ1) is 13.8. The Morgan fingerprint density at radius 1 is 1.21 bits per heavy atom. The summed E-state index contributed by atoms with van der Waals surface area (Å²) in [6, 6.07) is 0. The Kier molecular flexibility index (Phi) is 5.49. The lowest BCUT2D eigenvalue weighted by molar-refractivity contribution is -0.224. The molecule has 0 heterocycles. The van der Waals surface area contributed by atoms with Gasteiger partial charge in [0.1, 0.15) is 0 Å². The second-order valence-electron chi connectivity index (χ2n) is 4.04. The van der Waals surface area contributed by atoms with E-state index in [1.807, 2.05) is 6.92 Å². The van der Waals surface area contributed by atoms with Gasteiger partial charge in [0.25, 0.3) is 0 Å². The van der Waals surface area contributed by atoms with E-state index in [1.54, 1.807) is 13.8 Å². The molecule has 1 nitrogen and oxygen atoms in total. The number of unbranched alkanes of at least 4 members (excludes halogenated alkanes) is 1. The number of halogens is 3. The van der Waals surface area contributed by atoms with Gasteiger partial charge in [-0.3, -0.25) is 0 Å². The van der Waals surface area contributed by atoms with Crippen LogP contribution < -0.4 is 0 Å². The summed E-state index contributed by atoms with van der Waals surface area (Å²) in [5.41, 5.74) is 0. The maximum Gasteiger partial charge on any atom is 0.414 e. The topological polar surface area (TPSA) is 20.2 Å². The fraction of sp³-hybridized carbons (Fsp3) is 1.00. The van der Waals surface area contributed by atoms with E-state index in [-0.39, 0.29) is 5.92 Å². The van der Waals surface area contributed by atoms with Crippen LogP contribution in [0.5, 0.6) is 0 Å². The predicted molar refractivity (Wildman–Crippen MR) is 49.9 cm³/mol. The lowest BCUT2D eigenvalue weighted by atomic mass is 9.85. The van der Waals surface area contributed by atoms with Crippen LogP contribution in [-0.4, -0.2) is 17.4 Å². The van der Waals surface area contributed by atoms with Gasteiger partial charge in [0.2, 0.25) is 0 Å². The van der Waals surface area contributed by atoms with Crippen molar-refractivity contribution < 1.29 is 18.3 Å². The minimum absolute atomic E-state index is 0.141. The van der Waals surface area contributed by atoms with Crippen molar-refractivity contribution in [1.82, 2.24) is 0 Å². The Morgan fingerprint density at radius 3 is 2.00 bits per heavy atom. The van der Waals surface area contributed by atoms with Crippen LogP contribution in [0, 0.1) is 11.8 Å². The molecule has 0 aliphatic heterocycles. The van der Waals surface area contributed by atoms with Crippen LogP contribution in [0.2, 0.25) is 0 Å². The molecule has 1 unspecified atom stereocenters. The summed E-state index contributed by atoms with van der Waals surface area (Å²) < 4.78 is 36.7. The third-order valence-electron chi connectivity index (χ3n) is 2.49. The van der Waals surface area contributed by atoms with Crippen LogP contribution >= 0.6 is 0 Å². The van der Waals surface area contributed by atoms with Crippen LogP contribution in [-0.2, 0) is 0 Å². The lowest BCUT2D eigenvalue weighted by Crippen LogP contribution is -2.38. The predicted octanol–water partition coefficient (Wildman–Crippen LogP) is 3.37. The first-order valence-corrected chi connectivity index (χ1v) is 5.05. The molecule has 2 atom stereocenters. The highest BCUT2D eigenvalue weighted by atomic mass is 19.4. The quantitative estimate of drug-likeness (QED) is 0.740. The minimum atomic E-state index is -4.48. The summed E-state index contributed by atoms with van der Waals surface area (Å²) in [5.74, 6) is -0.812. The fourth-order valence-corrected chi connectivity index (χ4v) is 1.54. The summed E-state index contributed by atoms with van der Waals surface area (Å²) in [4.78, 5) is 0. The van der Waals surface area contributed by atoms with Crippen molar-refractivity contribution in [3.63, 3.8) is 0 Å². The molecule has 1 N–H and O–H groups in total. The van der Waals surface area contributed by atoms with Gasteiger partial charge in [-0.05, 0) is 18.3 Å². The summed E-state index contributed by atoms with van der Waals surface area (Å²) in [6.07, 6.45) is -4.63. The number of alkyl halides is 3. The molecule has 0 radical (unpaired) electrons. The molecular weight excluding hydrogens is 193 g/mol. The third-order valence-corrected chi connectivity index (χ3v) is 2.49. The molecule has 0 aromatic rings. The number of rotatable bonds is 5. The summed E-state index contributed by atoms with van der Waals surface area (Å²) >= 11 is 0. The average Bonchev–Trinajstić information content (AvgIpc) is 2.02. The highest BCUT2D eigenvalue weighted by Gasteiger charge is 2.43. The van der Waals surface area contributed by atoms with Crippen LogP contribution in [0.3, 0.4) is 0 Å². The standard InChI is InChI=1S/C10H19F3O/c1-4-5-6-8(7(2)3)9(14)10(11,12)13/h7-9,14H,4-6H2,1-3H3/t8?,9-/m1/s1. The Labute approximate surface area is 83.3 Å². The molecule has 4 heteroatoms. The van der Waals surface area contributed by atoms with Gasteiger partial charge in [-0.2, -0.15) is 13.2 Å². The van der Waals surface area contributed by atoms with E-state index in [0.29, 0.717) is 6.42 Å². The van der Waals surface area contributed by atoms with Gasteiger partial charge in [-0.25, -0.2) is 0 Å². The van der Waals surface area contributed by atoms with Gasteiger partial charge in [-0.1, -0.05) is 33.6 Å². The molecule has 0 rings (SSSR count). The normalized spacial score (nSPS) is 17.1. The minimum Gasteiger partial charge on any atom is -0.383 e. The number of aliphatic hydroxyl groups excluding tert-OH is 1. The van der Waals surface area contributed by atoms with E-state index in [4.69, 9.17) is 5.11 Å². The molecule has 0 aliphatic rings. The fourth-order valence-electron chi connectivity index (χ4n) is 1.54. The molecule has 0 bridgehead atoms. The zero-order valence-electron chi connectivity index (χ0n) is 8.93. The van der Waals surface area contributed by atoms with Crippen LogP contribution in [0.1, 0.15) is 40.0 Å².